The van der Waals surface area contributed by atoms with Gasteiger partial charge < -0.3 is 5.11 Å². The van der Waals surface area contributed by atoms with E-state index in [4.69, 9.17) is 16.7 Å². The van der Waals surface area contributed by atoms with Gasteiger partial charge in [0.2, 0.25) is 0 Å². The van der Waals surface area contributed by atoms with Crippen molar-refractivity contribution < 1.29 is 9.90 Å². The zero-order valence-corrected chi connectivity index (χ0v) is 8.92. The summed E-state index contributed by atoms with van der Waals surface area (Å²) in [7, 11) is 0. The zero-order chi connectivity index (χ0) is 10.8. The summed E-state index contributed by atoms with van der Waals surface area (Å²) in [5.41, 5.74) is 3.07. The lowest BCUT2D eigenvalue weighted by Gasteiger charge is -2.16. The van der Waals surface area contributed by atoms with Gasteiger partial charge in [-0.25, -0.2) is 0 Å². The molecule has 3 heteroatoms. The first-order chi connectivity index (χ1) is 7.16. The Hall–Kier alpha value is -1.28. The lowest BCUT2D eigenvalue weighted by molar-refractivity contribution is -0.135. The van der Waals surface area contributed by atoms with E-state index in [9.17, 15) is 4.79 Å². The number of fused-ring (bicyclic) bond motifs is 1. The fraction of sp³-hybridized carbons (Fsp3) is 0.250. The molecule has 0 aromatic heterocycles. The van der Waals surface area contributed by atoms with Crippen molar-refractivity contribution >= 4 is 23.1 Å². The SMILES string of the molecule is O=C(O)CC1=CCCc2ccc(Cl)cc21. The van der Waals surface area contributed by atoms with Crippen molar-refractivity contribution in [3.8, 4) is 0 Å². The highest BCUT2D eigenvalue weighted by molar-refractivity contribution is 6.30. The van der Waals surface area contributed by atoms with Crippen molar-refractivity contribution in [2.45, 2.75) is 19.3 Å². The standard InChI is InChI=1S/C12H11ClO2/c13-10-5-4-8-2-1-3-9(6-12(14)15)11(8)7-10/h3-5,7H,1-2,6H2,(H,14,15). The summed E-state index contributed by atoms with van der Waals surface area (Å²) in [6.07, 6.45) is 3.95. The number of rotatable bonds is 2. The molecule has 0 unspecified atom stereocenters. The molecule has 0 fully saturated rings. The van der Waals surface area contributed by atoms with Crippen LogP contribution in [-0.4, -0.2) is 11.1 Å². The van der Waals surface area contributed by atoms with Crippen LogP contribution in [0.5, 0.6) is 0 Å². The Morgan fingerprint density at radius 2 is 2.27 bits per heavy atom. The normalized spacial score (nSPS) is 14.3. The van der Waals surface area contributed by atoms with Gasteiger partial charge in [-0.15, -0.1) is 0 Å². The number of aliphatic carboxylic acids is 1. The second-order valence-corrected chi connectivity index (χ2v) is 4.08. The molecular weight excluding hydrogens is 212 g/mol. The van der Waals surface area contributed by atoms with Crippen LogP contribution >= 0.6 is 11.6 Å². The Labute approximate surface area is 93.2 Å². The highest BCUT2D eigenvalue weighted by Gasteiger charge is 2.14. The highest BCUT2D eigenvalue weighted by Crippen LogP contribution is 2.30. The monoisotopic (exact) mass is 222 g/mol. The van der Waals surface area contributed by atoms with Gasteiger partial charge in [0.1, 0.15) is 0 Å². The maximum absolute atomic E-state index is 10.7. The molecule has 1 aliphatic carbocycles. The summed E-state index contributed by atoms with van der Waals surface area (Å²) < 4.78 is 0. The first-order valence-corrected chi connectivity index (χ1v) is 5.24. The lowest BCUT2D eigenvalue weighted by atomic mass is 9.89. The number of hydrogen-bond donors (Lipinski definition) is 1. The van der Waals surface area contributed by atoms with Crippen LogP contribution in [0.4, 0.5) is 0 Å². The summed E-state index contributed by atoms with van der Waals surface area (Å²) >= 11 is 5.90. The van der Waals surface area contributed by atoms with Gasteiger partial charge >= 0.3 is 5.97 Å². The molecule has 15 heavy (non-hydrogen) atoms. The summed E-state index contributed by atoms with van der Waals surface area (Å²) in [5, 5.41) is 9.45. The molecule has 0 saturated carbocycles. The maximum atomic E-state index is 10.7. The molecular formula is C12H11ClO2. The summed E-state index contributed by atoms with van der Waals surface area (Å²) in [6, 6.07) is 5.68. The fourth-order valence-corrected chi connectivity index (χ4v) is 2.08. The molecule has 0 bridgehead atoms. The van der Waals surface area contributed by atoms with Crippen molar-refractivity contribution in [1.29, 1.82) is 0 Å². The van der Waals surface area contributed by atoms with Gasteiger partial charge in [0, 0.05) is 5.02 Å². The van der Waals surface area contributed by atoms with E-state index in [1.807, 2.05) is 24.3 Å². The molecule has 0 heterocycles. The van der Waals surface area contributed by atoms with Gasteiger partial charge in [-0.05, 0) is 41.7 Å². The van der Waals surface area contributed by atoms with Crippen molar-refractivity contribution in [3.63, 3.8) is 0 Å². The van der Waals surface area contributed by atoms with Gasteiger partial charge in [0.25, 0.3) is 0 Å². The molecule has 1 aliphatic rings. The highest BCUT2D eigenvalue weighted by atomic mass is 35.5. The smallest absolute Gasteiger partial charge is 0.307 e. The van der Waals surface area contributed by atoms with Crippen LogP contribution in [0.1, 0.15) is 24.0 Å². The number of carbonyl (C=O) groups is 1. The molecule has 78 valence electrons. The van der Waals surface area contributed by atoms with Crippen molar-refractivity contribution in [2.24, 2.45) is 0 Å². The quantitative estimate of drug-likeness (QED) is 0.835. The van der Waals surface area contributed by atoms with Gasteiger partial charge in [0.05, 0.1) is 6.42 Å². The van der Waals surface area contributed by atoms with Crippen LogP contribution in [0.25, 0.3) is 5.57 Å². The van der Waals surface area contributed by atoms with Crippen LogP contribution in [0.2, 0.25) is 5.02 Å². The lowest BCUT2D eigenvalue weighted by Crippen LogP contribution is -2.04. The summed E-state index contributed by atoms with van der Waals surface area (Å²) in [4.78, 5) is 10.7. The van der Waals surface area contributed by atoms with E-state index in [-0.39, 0.29) is 6.42 Å². The molecule has 1 aromatic rings. The van der Waals surface area contributed by atoms with Gasteiger partial charge in [-0.2, -0.15) is 0 Å². The Bertz CT molecular complexity index is 435. The fourth-order valence-electron chi connectivity index (χ4n) is 1.91. The molecule has 0 radical (unpaired) electrons. The van der Waals surface area contributed by atoms with Crippen molar-refractivity contribution in [3.05, 3.63) is 40.4 Å². The van der Waals surface area contributed by atoms with Crippen molar-refractivity contribution in [1.82, 2.24) is 0 Å². The number of carboxylic acid groups (broad SMARTS) is 1. The number of aryl methyl sites for hydroxylation is 1. The summed E-state index contributed by atoms with van der Waals surface area (Å²) in [5.74, 6) is -0.797. The maximum Gasteiger partial charge on any atom is 0.307 e. The molecule has 0 saturated heterocycles. The van der Waals surface area contributed by atoms with Gasteiger partial charge in [-0.3, -0.25) is 4.79 Å². The topological polar surface area (TPSA) is 37.3 Å². The van der Waals surface area contributed by atoms with Crippen LogP contribution in [0, 0.1) is 0 Å². The van der Waals surface area contributed by atoms with E-state index < -0.39 is 5.97 Å². The molecule has 1 aromatic carbocycles. The Balaban J connectivity index is 2.40. The minimum Gasteiger partial charge on any atom is -0.481 e. The number of benzene rings is 1. The second kappa shape index (κ2) is 4.07. The molecule has 2 rings (SSSR count). The second-order valence-electron chi connectivity index (χ2n) is 3.64. The van der Waals surface area contributed by atoms with E-state index in [1.54, 1.807) is 0 Å². The Morgan fingerprint density at radius 3 is 3.00 bits per heavy atom. The number of carboxylic acids is 1. The van der Waals surface area contributed by atoms with Crippen LogP contribution in [-0.2, 0) is 11.2 Å². The molecule has 1 N–H and O–H groups in total. The summed E-state index contributed by atoms with van der Waals surface area (Å²) in [6.45, 7) is 0. The Kier molecular flexibility index (Phi) is 2.78. The van der Waals surface area contributed by atoms with Crippen LogP contribution in [0.3, 0.4) is 0 Å². The van der Waals surface area contributed by atoms with E-state index >= 15 is 0 Å². The van der Waals surface area contributed by atoms with E-state index in [0.29, 0.717) is 5.02 Å². The third-order valence-electron chi connectivity index (χ3n) is 2.56. The van der Waals surface area contributed by atoms with Crippen molar-refractivity contribution in [2.75, 3.05) is 0 Å². The third-order valence-corrected chi connectivity index (χ3v) is 2.80. The first kappa shape index (κ1) is 10.2. The zero-order valence-electron chi connectivity index (χ0n) is 8.16. The average molecular weight is 223 g/mol. The van der Waals surface area contributed by atoms with Crippen LogP contribution in [0.15, 0.2) is 24.3 Å². The largest absolute Gasteiger partial charge is 0.481 e. The number of allylic oxidation sites excluding steroid dienone is 1. The molecule has 0 spiro atoms. The third kappa shape index (κ3) is 2.21. The van der Waals surface area contributed by atoms with Gasteiger partial charge in [0.15, 0.2) is 0 Å². The molecule has 2 nitrogen and oxygen atoms in total. The van der Waals surface area contributed by atoms with E-state index in [1.165, 1.54) is 5.56 Å². The Morgan fingerprint density at radius 1 is 1.47 bits per heavy atom. The van der Waals surface area contributed by atoms with Gasteiger partial charge in [-0.1, -0.05) is 23.7 Å². The number of halogens is 1. The molecule has 0 aliphatic heterocycles. The van der Waals surface area contributed by atoms with E-state index in [2.05, 4.69) is 0 Å². The predicted octanol–water partition coefficient (Wildman–Crippen LogP) is 3.14. The molecule has 0 amide bonds. The van der Waals surface area contributed by atoms with Crippen LogP contribution < -0.4 is 0 Å². The average Bonchev–Trinajstić information content (AvgIpc) is 2.18. The van der Waals surface area contributed by atoms with E-state index in [0.717, 1.165) is 24.0 Å². The molecule has 0 atom stereocenters. The minimum atomic E-state index is -0.797. The minimum absolute atomic E-state index is 0.0767. The predicted molar refractivity (Wildman–Crippen MR) is 60.0 cm³/mol. The first-order valence-electron chi connectivity index (χ1n) is 4.86. The number of hydrogen-bond acceptors (Lipinski definition) is 1.